The minimum absolute atomic E-state index is 0.153. The van der Waals surface area contributed by atoms with Crippen molar-refractivity contribution < 1.29 is 13.2 Å². The number of rotatable bonds is 4. The zero-order chi connectivity index (χ0) is 16.7. The van der Waals surface area contributed by atoms with E-state index in [0.29, 0.717) is 11.6 Å². The number of urea groups is 1. The number of hydrogen-bond donors (Lipinski definition) is 2. The van der Waals surface area contributed by atoms with Crippen LogP contribution in [0.15, 0.2) is 24.3 Å². The second-order valence-electron chi connectivity index (χ2n) is 6.92. The summed E-state index contributed by atoms with van der Waals surface area (Å²) in [5, 5.41) is 6.27. The normalized spacial score (nSPS) is 29.5. The zero-order valence-electron chi connectivity index (χ0n) is 13.0. The molecule has 0 atom stereocenters. The summed E-state index contributed by atoms with van der Waals surface area (Å²) in [5.74, 6) is 0. The summed E-state index contributed by atoms with van der Waals surface area (Å²) in [6.45, 7) is 0.455. The third-order valence-electron chi connectivity index (χ3n) is 4.99. The maximum Gasteiger partial charge on any atom is 0.315 e. The molecule has 3 rings (SSSR count). The van der Waals surface area contributed by atoms with Crippen molar-refractivity contribution >= 4 is 27.5 Å². The second kappa shape index (κ2) is 5.98. The number of amides is 2. The van der Waals surface area contributed by atoms with E-state index in [9.17, 15) is 13.2 Å². The van der Waals surface area contributed by atoms with Gasteiger partial charge in [0.15, 0.2) is 0 Å². The highest BCUT2D eigenvalue weighted by molar-refractivity contribution is 7.91. The van der Waals surface area contributed by atoms with E-state index in [1.165, 1.54) is 6.26 Å². The number of carbonyl (C=O) groups excluding carboxylic acids is 1. The summed E-state index contributed by atoms with van der Waals surface area (Å²) in [4.78, 5) is 11.9. The lowest BCUT2D eigenvalue weighted by Gasteiger charge is -2.57. The van der Waals surface area contributed by atoms with Gasteiger partial charge in [0.05, 0.1) is 5.25 Å². The van der Waals surface area contributed by atoms with E-state index in [1.807, 2.05) is 12.1 Å². The first-order valence-corrected chi connectivity index (χ1v) is 10.1. The zero-order valence-corrected chi connectivity index (χ0v) is 14.6. The number of hydrogen-bond acceptors (Lipinski definition) is 3. The molecule has 2 N–H and O–H groups in total. The van der Waals surface area contributed by atoms with Crippen LogP contribution in [-0.2, 0) is 16.4 Å². The highest BCUT2D eigenvalue weighted by Gasteiger charge is 2.55. The highest BCUT2D eigenvalue weighted by Crippen LogP contribution is 2.57. The van der Waals surface area contributed by atoms with Gasteiger partial charge in [-0.25, -0.2) is 13.2 Å². The number of halogens is 1. The maximum atomic E-state index is 11.9. The minimum atomic E-state index is -2.91. The quantitative estimate of drug-likeness (QED) is 0.870. The molecule has 0 aromatic heterocycles. The second-order valence-corrected chi connectivity index (χ2v) is 9.68. The smallest absolute Gasteiger partial charge is 0.315 e. The highest BCUT2D eigenvalue weighted by atomic mass is 35.5. The number of carbonyl (C=O) groups is 1. The number of nitrogens with one attached hydrogen (secondary N) is 2. The summed E-state index contributed by atoms with van der Waals surface area (Å²) in [7, 11) is -2.91. The van der Waals surface area contributed by atoms with Crippen molar-refractivity contribution in [2.75, 3.05) is 6.26 Å². The van der Waals surface area contributed by atoms with Gasteiger partial charge in [0.2, 0.25) is 0 Å². The van der Waals surface area contributed by atoms with Gasteiger partial charge in [0.25, 0.3) is 0 Å². The predicted molar refractivity (Wildman–Crippen MR) is 90.1 cm³/mol. The molecule has 1 aromatic carbocycles. The first-order chi connectivity index (χ1) is 10.8. The molecule has 2 aliphatic carbocycles. The van der Waals surface area contributed by atoms with Crippen LogP contribution in [0.25, 0.3) is 0 Å². The van der Waals surface area contributed by atoms with E-state index in [4.69, 9.17) is 11.6 Å². The van der Waals surface area contributed by atoms with Crippen LogP contribution in [-0.4, -0.2) is 32.0 Å². The van der Waals surface area contributed by atoms with E-state index < -0.39 is 9.84 Å². The van der Waals surface area contributed by atoms with Gasteiger partial charge < -0.3 is 10.6 Å². The third kappa shape index (κ3) is 3.80. The first-order valence-electron chi connectivity index (χ1n) is 7.73. The van der Waals surface area contributed by atoms with Crippen molar-refractivity contribution in [2.45, 2.75) is 43.5 Å². The van der Waals surface area contributed by atoms with Crippen molar-refractivity contribution in [3.05, 3.63) is 34.9 Å². The summed E-state index contributed by atoms with van der Waals surface area (Å²) >= 11 is 5.82. The first kappa shape index (κ1) is 16.6. The SMILES string of the molecule is CS(=O)(=O)C1CC2(CC(NC(=O)NCc3ccc(Cl)cc3)C2)C1. The summed E-state index contributed by atoms with van der Waals surface area (Å²) in [6.07, 6.45) is 4.57. The van der Waals surface area contributed by atoms with Crippen LogP contribution >= 0.6 is 11.6 Å². The van der Waals surface area contributed by atoms with Crippen LogP contribution in [0, 0.1) is 5.41 Å². The molecule has 0 aliphatic heterocycles. The molecule has 2 amide bonds. The van der Waals surface area contributed by atoms with Gasteiger partial charge in [-0.05, 0) is 48.8 Å². The molecule has 2 aliphatic rings. The van der Waals surface area contributed by atoms with Gasteiger partial charge in [-0.1, -0.05) is 23.7 Å². The van der Waals surface area contributed by atoms with Crippen LogP contribution in [0.3, 0.4) is 0 Å². The third-order valence-corrected chi connectivity index (χ3v) is 6.78. The van der Waals surface area contributed by atoms with Crippen molar-refractivity contribution in [2.24, 2.45) is 5.41 Å². The Bertz CT molecular complexity index is 689. The average Bonchev–Trinajstić information content (AvgIpc) is 2.38. The van der Waals surface area contributed by atoms with Crippen LogP contribution in [0.2, 0.25) is 5.02 Å². The Kier molecular flexibility index (Phi) is 4.31. The molecule has 0 heterocycles. The van der Waals surface area contributed by atoms with Gasteiger partial charge in [-0.3, -0.25) is 0 Å². The average molecular weight is 357 g/mol. The minimum Gasteiger partial charge on any atom is -0.335 e. The molecule has 0 bridgehead atoms. The Hall–Kier alpha value is -1.27. The molecule has 23 heavy (non-hydrogen) atoms. The summed E-state index contributed by atoms with van der Waals surface area (Å²) in [5.41, 5.74) is 1.15. The lowest BCUT2D eigenvalue weighted by Crippen LogP contribution is -2.59. The van der Waals surface area contributed by atoms with E-state index in [1.54, 1.807) is 12.1 Å². The Morgan fingerprint density at radius 2 is 1.83 bits per heavy atom. The molecular formula is C16H21ClN2O3S. The Labute approximate surface area is 141 Å². The van der Waals surface area contributed by atoms with E-state index in [-0.39, 0.29) is 22.7 Å². The monoisotopic (exact) mass is 356 g/mol. The van der Waals surface area contributed by atoms with E-state index in [0.717, 1.165) is 31.2 Å². The predicted octanol–water partition coefficient (Wildman–Crippen LogP) is 2.50. The van der Waals surface area contributed by atoms with Gasteiger partial charge in [-0.15, -0.1) is 0 Å². The lowest BCUT2D eigenvalue weighted by atomic mass is 9.54. The molecule has 0 radical (unpaired) electrons. The molecule has 1 aromatic rings. The fourth-order valence-electron chi connectivity index (χ4n) is 3.65. The van der Waals surface area contributed by atoms with Crippen molar-refractivity contribution in [3.63, 3.8) is 0 Å². The van der Waals surface area contributed by atoms with Crippen LogP contribution < -0.4 is 10.6 Å². The Balaban J connectivity index is 1.37. The molecule has 126 valence electrons. The van der Waals surface area contributed by atoms with Crippen LogP contribution in [0.5, 0.6) is 0 Å². The molecule has 5 nitrogen and oxygen atoms in total. The Morgan fingerprint density at radius 3 is 2.39 bits per heavy atom. The molecule has 1 spiro atoms. The lowest BCUT2D eigenvalue weighted by molar-refractivity contribution is 0.00579. The fourth-order valence-corrected chi connectivity index (χ4v) is 5.09. The van der Waals surface area contributed by atoms with Crippen LogP contribution in [0.1, 0.15) is 31.2 Å². The molecule has 2 fully saturated rings. The van der Waals surface area contributed by atoms with Crippen LogP contribution in [0.4, 0.5) is 4.79 Å². The van der Waals surface area contributed by atoms with Crippen molar-refractivity contribution in [3.8, 4) is 0 Å². The summed E-state index contributed by atoms with van der Waals surface area (Å²) < 4.78 is 22.9. The molecule has 0 unspecified atom stereocenters. The maximum absolute atomic E-state index is 11.9. The van der Waals surface area contributed by atoms with Gasteiger partial charge >= 0.3 is 6.03 Å². The number of sulfone groups is 1. The topological polar surface area (TPSA) is 75.3 Å². The molecular weight excluding hydrogens is 336 g/mol. The largest absolute Gasteiger partial charge is 0.335 e. The molecule has 7 heteroatoms. The van der Waals surface area contributed by atoms with Gasteiger partial charge in [0, 0.05) is 23.9 Å². The molecule has 2 saturated carbocycles. The van der Waals surface area contributed by atoms with Crippen molar-refractivity contribution in [1.29, 1.82) is 0 Å². The van der Waals surface area contributed by atoms with Crippen molar-refractivity contribution in [1.82, 2.24) is 10.6 Å². The van der Waals surface area contributed by atoms with Gasteiger partial charge in [0.1, 0.15) is 9.84 Å². The standard InChI is InChI=1S/C16H21ClN2O3S/c1-23(21,22)14-8-16(9-14)6-13(7-16)19-15(20)18-10-11-2-4-12(17)5-3-11/h2-5,13-14H,6-10H2,1H3,(H2,18,19,20). The fraction of sp³-hybridized carbons (Fsp3) is 0.562. The van der Waals surface area contributed by atoms with E-state index >= 15 is 0 Å². The number of benzene rings is 1. The Morgan fingerprint density at radius 1 is 1.22 bits per heavy atom. The van der Waals surface area contributed by atoms with Gasteiger partial charge in [-0.2, -0.15) is 0 Å². The summed E-state index contributed by atoms with van der Waals surface area (Å²) in [6, 6.07) is 7.31. The van der Waals surface area contributed by atoms with E-state index in [2.05, 4.69) is 10.6 Å². The molecule has 0 saturated heterocycles.